The average Bonchev–Trinajstić information content (AvgIpc) is 2.67. The molecule has 0 saturated carbocycles. The quantitative estimate of drug-likeness (QED) is 0.568. The minimum atomic E-state index is -0.397. The van der Waals surface area contributed by atoms with Crippen LogP contribution in [0.1, 0.15) is 20.3 Å². The predicted molar refractivity (Wildman–Crippen MR) is 70.2 cm³/mol. The first-order valence-corrected chi connectivity index (χ1v) is 5.86. The monoisotopic (exact) mass is 249 g/mol. The van der Waals surface area contributed by atoms with Crippen molar-refractivity contribution in [1.82, 2.24) is 4.90 Å². The lowest BCUT2D eigenvalue weighted by molar-refractivity contribution is -0.113. The molecule has 0 unspecified atom stereocenters. The lowest BCUT2D eigenvalue weighted by Gasteiger charge is -2.21. The number of carbonyl (C=O) groups excluding carboxylic acids is 2. The first kappa shape index (κ1) is 14.2. The van der Waals surface area contributed by atoms with E-state index in [9.17, 15) is 9.59 Å². The Morgan fingerprint density at radius 2 is 2.17 bits per heavy atom. The molecular formula is C14H19NO3. The summed E-state index contributed by atoms with van der Waals surface area (Å²) < 4.78 is 5.01. The molecule has 98 valence electrons. The Morgan fingerprint density at radius 3 is 2.72 bits per heavy atom. The van der Waals surface area contributed by atoms with Gasteiger partial charge in [0.2, 0.25) is 0 Å². The topological polar surface area (TPSA) is 46.6 Å². The highest BCUT2D eigenvalue weighted by Gasteiger charge is 2.30. The Balaban J connectivity index is 2.79. The average molecular weight is 249 g/mol. The lowest BCUT2D eigenvalue weighted by Crippen LogP contribution is -2.35. The molecule has 1 amide bonds. The molecule has 1 atom stereocenters. The minimum absolute atomic E-state index is 0.00641. The maximum absolute atomic E-state index is 11.8. The molecule has 1 aliphatic heterocycles. The molecule has 0 spiro atoms. The van der Waals surface area contributed by atoms with Gasteiger partial charge in [-0.05, 0) is 25.8 Å². The van der Waals surface area contributed by atoms with Gasteiger partial charge in [-0.1, -0.05) is 30.9 Å². The highest BCUT2D eigenvalue weighted by atomic mass is 16.6. The van der Waals surface area contributed by atoms with Crippen molar-refractivity contribution in [2.24, 2.45) is 0 Å². The largest absolute Gasteiger partial charge is 0.445 e. The normalized spacial score (nSPS) is 19.9. The summed E-state index contributed by atoms with van der Waals surface area (Å²) in [5, 5.41) is 0. The molecule has 0 aromatic rings. The number of ether oxygens (including phenoxy) is 1. The second-order valence-electron chi connectivity index (χ2n) is 4.42. The maximum Gasteiger partial charge on any atom is 0.410 e. The molecule has 0 aromatic carbocycles. The molecule has 0 N–H and O–H groups in total. The van der Waals surface area contributed by atoms with Crippen LogP contribution in [0.4, 0.5) is 4.79 Å². The Hall–Kier alpha value is -1.84. The number of likely N-dealkylation sites (tertiary alicyclic amines) is 1. The highest BCUT2D eigenvalue weighted by Crippen LogP contribution is 2.24. The number of rotatable bonds is 4. The second-order valence-corrected chi connectivity index (χ2v) is 4.42. The summed E-state index contributed by atoms with van der Waals surface area (Å²) in [6, 6.07) is -0.140. The van der Waals surface area contributed by atoms with Crippen molar-refractivity contribution >= 4 is 11.9 Å². The number of ketones is 1. The van der Waals surface area contributed by atoms with Crippen LogP contribution in [0.3, 0.4) is 0 Å². The van der Waals surface area contributed by atoms with Gasteiger partial charge in [-0.15, -0.1) is 0 Å². The third-order valence-corrected chi connectivity index (χ3v) is 2.85. The van der Waals surface area contributed by atoms with E-state index in [2.05, 4.69) is 13.2 Å². The van der Waals surface area contributed by atoms with Crippen LogP contribution in [0.15, 0.2) is 36.5 Å². The smallest absolute Gasteiger partial charge is 0.410 e. The summed E-state index contributed by atoms with van der Waals surface area (Å²) in [4.78, 5) is 24.6. The van der Waals surface area contributed by atoms with Gasteiger partial charge in [0.15, 0.2) is 5.78 Å². The highest BCUT2D eigenvalue weighted by molar-refractivity contribution is 5.92. The number of amides is 1. The summed E-state index contributed by atoms with van der Waals surface area (Å²) in [6.07, 6.45) is 3.60. The number of hydrogen-bond acceptors (Lipinski definition) is 3. The minimum Gasteiger partial charge on any atom is -0.445 e. The predicted octanol–water partition coefficient (Wildman–Crippen LogP) is 2.47. The molecule has 0 bridgehead atoms. The van der Waals surface area contributed by atoms with E-state index in [0.29, 0.717) is 18.5 Å². The zero-order valence-corrected chi connectivity index (χ0v) is 10.9. The van der Waals surface area contributed by atoms with Gasteiger partial charge in [-0.2, -0.15) is 0 Å². The van der Waals surface area contributed by atoms with Gasteiger partial charge >= 0.3 is 6.09 Å². The first-order chi connectivity index (χ1) is 8.45. The van der Waals surface area contributed by atoms with Gasteiger partial charge < -0.3 is 4.74 Å². The van der Waals surface area contributed by atoms with Crippen LogP contribution in [-0.2, 0) is 9.53 Å². The van der Waals surface area contributed by atoms with E-state index >= 15 is 0 Å². The van der Waals surface area contributed by atoms with Crippen molar-refractivity contribution in [2.75, 3.05) is 13.2 Å². The second kappa shape index (κ2) is 6.19. The van der Waals surface area contributed by atoms with Crippen LogP contribution < -0.4 is 0 Å². The molecule has 18 heavy (non-hydrogen) atoms. The number of allylic oxidation sites excluding steroid dienone is 1. The van der Waals surface area contributed by atoms with Crippen LogP contribution in [0, 0.1) is 0 Å². The number of Topliss-reactive ketones (excluding diaryl/α,β-unsaturated/α-hetero) is 1. The van der Waals surface area contributed by atoms with Crippen LogP contribution in [-0.4, -0.2) is 36.0 Å². The molecule has 0 aliphatic carbocycles. The Labute approximate surface area is 108 Å². The van der Waals surface area contributed by atoms with Crippen LogP contribution in [0.2, 0.25) is 0 Å². The third kappa shape index (κ3) is 3.58. The SMILES string of the molecule is C=CCOC(=O)N1CC(=C)C[C@H]1/C=C(\C)C(C)=O. The van der Waals surface area contributed by atoms with Crippen LogP contribution >= 0.6 is 0 Å². The Morgan fingerprint density at radius 1 is 1.50 bits per heavy atom. The van der Waals surface area contributed by atoms with Gasteiger partial charge in [0, 0.05) is 6.54 Å². The van der Waals surface area contributed by atoms with Crippen LogP contribution in [0.25, 0.3) is 0 Å². The van der Waals surface area contributed by atoms with Crippen molar-refractivity contribution in [3.63, 3.8) is 0 Å². The van der Waals surface area contributed by atoms with Gasteiger partial charge in [0.25, 0.3) is 0 Å². The standard InChI is InChI=1S/C14H19NO3/c1-5-6-18-14(17)15-9-10(2)7-13(15)8-11(3)12(4)16/h5,8,13H,1-2,6-7,9H2,3-4H3/b11-8+/t13-/m0/s1. The molecule has 1 rings (SSSR count). The van der Waals surface area contributed by atoms with E-state index in [1.165, 1.54) is 13.0 Å². The summed E-state index contributed by atoms with van der Waals surface area (Å²) in [6.45, 7) is 11.3. The molecule has 1 fully saturated rings. The summed E-state index contributed by atoms with van der Waals surface area (Å²) in [5.41, 5.74) is 1.61. The molecule has 1 heterocycles. The van der Waals surface area contributed by atoms with E-state index < -0.39 is 6.09 Å². The Kier molecular flexibility index (Phi) is 4.89. The maximum atomic E-state index is 11.8. The van der Waals surface area contributed by atoms with E-state index in [1.54, 1.807) is 17.9 Å². The first-order valence-electron chi connectivity index (χ1n) is 5.86. The molecule has 0 aromatic heterocycles. The molecule has 0 radical (unpaired) electrons. The molecule has 1 aliphatic rings. The summed E-state index contributed by atoms with van der Waals surface area (Å²) in [7, 11) is 0. The fourth-order valence-corrected chi connectivity index (χ4v) is 1.80. The van der Waals surface area contributed by atoms with E-state index in [1.807, 2.05) is 0 Å². The van der Waals surface area contributed by atoms with E-state index in [-0.39, 0.29) is 18.4 Å². The fraction of sp³-hybridized carbons (Fsp3) is 0.429. The van der Waals surface area contributed by atoms with Gasteiger partial charge in [-0.25, -0.2) is 4.79 Å². The summed E-state index contributed by atoms with van der Waals surface area (Å²) >= 11 is 0. The van der Waals surface area contributed by atoms with Gasteiger partial charge in [-0.3, -0.25) is 9.69 Å². The lowest BCUT2D eigenvalue weighted by atomic mass is 10.1. The molecule has 4 nitrogen and oxygen atoms in total. The number of carbonyl (C=O) groups is 2. The number of hydrogen-bond donors (Lipinski definition) is 0. The third-order valence-electron chi connectivity index (χ3n) is 2.85. The van der Waals surface area contributed by atoms with E-state index in [4.69, 9.17) is 4.74 Å². The van der Waals surface area contributed by atoms with E-state index in [0.717, 1.165) is 5.57 Å². The zero-order valence-electron chi connectivity index (χ0n) is 10.9. The van der Waals surface area contributed by atoms with Crippen molar-refractivity contribution < 1.29 is 14.3 Å². The molecule has 1 saturated heterocycles. The van der Waals surface area contributed by atoms with Crippen molar-refractivity contribution in [3.8, 4) is 0 Å². The van der Waals surface area contributed by atoms with Crippen molar-refractivity contribution in [2.45, 2.75) is 26.3 Å². The van der Waals surface area contributed by atoms with Crippen molar-refractivity contribution in [1.29, 1.82) is 0 Å². The molecule has 4 heteroatoms. The van der Waals surface area contributed by atoms with Gasteiger partial charge in [0.05, 0.1) is 6.04 Å². The zero-order chi connectivity index (χ0) is 13.7. The van der Waals surface area contributed by atoms with Crippen LogP contribution in [0.5, 0.6) is 0 Å². The van der Waals surface area contributed by atoms with Gasteiger partial charge in [0.1, 0.15) is 6.61 Å². The Bertz CT molecular complexity index is 409. The fourth-order valence-electron chi connectivity index (χ4n) is 1.80. The van der Waals surface area contributed by atoms with Crippen molar-refractivity contribution in [3.05, 3.63) is 36.5 Å². The number of nitrogens with zero attached hydrogens (tertiary/aromatic N) is 1. The molecular weight excluding hydrogens is 230 g/mol. The summed E-state index contributed by atoms with van der Waals surface area (Å²) in [5.74, 6) is 0.00641.